The van der Waals surface area contributed by atoms with Gasteiger partial charge in [0.25, 0.3) is 0 Å². The van der Waals surface area contributed by atoms with Crippen LogP contribution < -0.4 is 4.74 Å². The van der Waals surface area contributed by atoms with Crippen molar-refractivity contribution in [2.24, 2.45) is 0 Å². The van der Waals surface area contributed by atoms with Crippen molar-refractivity contribution >= 4 is 0 Å². The van der Waals surface area contributed by atoms with Gasteiger partial charge in [-0.15, -0.1) is 0 Å². The summed E-state index contributed by atoms with van der Waals surface area (Å²) < 4.78 is 29.3. The third kappa shape index (κ3) is 2.96. The Kier molecular flexibility index (Phi) is 4.35. The second kappa shape index (κ2) is 6.01. The van der Waals surface area contributed by atoms with E-state index in [4.69, 9.17) is 0 Å². The number of para-hydroxylation sites is 1. The van der Waals surface area contributed by atoms with E-state index in [2.05, 4.69) is 4.74 Å². The first-order chi connectivity index (χ1) is 9.50. The molecular formula is C16H16F2O2. The number of halogens is 2. The SMILES string of the molecule is Cc1cccc(C(O)c2ccccc2OC(F)F)c1C. The summed E-state index contributed by atoms with van der Waals surface area (Å²) in [4.78, 5) is 0. The van der Waals surface area contributed by atoms with Gasteiger partial charge in [0.05, 0.1) is 0 Å². The second-order valence-corrected chi connectivity index (χ2v) is 4.61. The van der Waals surface area contributed by atoms with E-state index in [1.807, 2.05) is 26.0 Å². The van der Waals surface area contributed by atoms with Gasteiger partial charge in [-0.3, -0.25) is 0 Å². The first-order valence-electron chi connectivity index (χ1n) is 6.28. The summed E-state index contributed by atoms with van der Waals surface area (Å²) in [6.07, 6.45) is -0.996. The Morgan fingerprint density at radius 1 is 0.950 bits per heavy atom. The van der Waals surface area contributed by atoms with Crippen molar-refractivity contribution in [2.75, 3.05) is 0 Å². The molecule has 0 saturated carbocycles. The summed E-state index contributed by atoms with van der Waals surface area (Å²) >= 11 is 0. The zero-order chi connectivity index (χ0) is 14.7. The number of rotatable bonds is 4. The predicted molar refractivity (Wildman–Crippen MR) is 73.1 cm³/mol. The third-order valence-electron chi connectivity index (χ3n) is 3.37. The summed E-state index contributed by atoms with van der Waals surface area (Å²) in [5.41, 5.74) is 3.00. The van der Waals surface area contributed by atoms with Crippen LogP contribution in [-0.2, 0) is 0 Å². The van der Waals surface area contributed by atoms with Gasteiger partial charge in [0.15, 0.2) is 0 Å². The Labute approximate surface area is 116 Å². The van der Waals surface area contributed by atoms with E-state index in [1.54, 1.807) is 24.3 Å². The normalized spacial score (nSPS) is 12.5. The van der Waals surface area contributed by atoms with Gasteiger partial charge in [0, 0.05) is 5.56 Å². The Balaban J connectivity index is 2.43. The molecule has 1 unspecified atom stereocenters. The monoisotopic (exact) mass is 278 g/mol. The van der Waals surface area contributed by atoms with E-state index >= 15 is 0 Å². The molecule has 0 aliphatic rings. The molecule has 0 amide bonds. The molecular weight excluding hydrogens is 262 g/mol. The average Bonchev–Trinajstić information content (AvgIpc) is 2.41. The first kappa shape index (κ1) is 14.5. The van der Waals surface area contributed by atoms with Crippen LogP contribution in [0, 0.1) is 13.8 Å². The molecule has 20 heavy (non-hydrogen) atoms. The van der Waals surface area contributed by atoms with Crippen molar-refractivity contribution in [3.8, 4) is 5.75 Å². The van der Waals surface area contributed by atoms with Gasteiger partial charge in [0.2, 0.25) is 0 Å². The maximum absolute atomic E-state index is 12.4. The molecule has 2 rings (SSSR count). The summed E-state index contributed by atoms with van der Waals surface area (Å²) in [5.74, 6) is -0.00379. The highest BCUT2D eigenvalue weighted by atomic mass is 19.3. The van der Waals surface area contributed by atoms with Crippen molar-refractivity contribution in [1.82, 2.24) is 0 Å². The minimum Gasteiger partial charge on any atom is -0.434 e. The van der Waals surface area contributed by atoms with Crippen molar-refractivity contribution in [3.05, 3.63) is 64.7 Å². The number of aryl methyl sites for hydroxylation is 1. The Bertz CT molecular complexity index is 597. The van der Waals surface area contributed by atoms with Crippen LogP contribution in [-0.4, -0.2) is 11.7 Å². The standard InChI is InChI=1S/C16H16F2O2/c1-10-6-5-8-12(11(10)2)15(19)13-7-3-4-9-14(13)20-16(17)18/h3-9,15-16,19H,1-2H3. The maximum atomic E-state index is 12.4. The van der Waals surface area contributed by atoms with E-state index in [1.165, 1.54) is 6.07 Å². The molecule has 0 radical (unpaired) electrons. The molecule has 2 aromatic carbocycles. The van der Waals surface area contributed by atoms with Crippen LogP contribution in [0.5, 0.6) is 5.75 Å². The molecule has 0 aliphatic heterocycles. The number of aliphatic hydroxyl groups is 1. The molecule has 1 N–H and O–H groups in total. The fraction of sp³-hybridized carbons (Fsp3) is 0.250. The molecule has 2 aromatic rings. The zero-order valence-corrected chi connectivity index (χ0v) is 11.3. The van der Waals surface area contributed by atoms with E-state index in [0.717, 1.165) is 11.1 Å². The fourth-order valence-electron chi connectivity index (χ4n) is 2.15. The summed E-state index contributed by atoms with van der Waals surface area (Å²) in [6.45, 7) is 0.916. The number of alkyl halides is 2. The molecule has 4 heteroatoms. The highest BCUT2D eigenvalue weighted by Crippen LogP contribution is 2.32. The van der Waals surface area contributed by atoms with Gasteiger partial charge in [-0.1, -0.05) is 36.4 Å². The topological polar surface area (TPSA) is 29.5 Å². The van der Waals surface area contributed by atoms with Gasteiger partial charge in [-0.25, -0.2) is 0 Å². The van der Waals surface area contributed by atoms with Crippen LogP contribution in [0.4, 0.5) is 8.78 Å². The van der Waals surface area contributed by atoms with E-state index in [-0.39, 0.29) is 5.75 Å². The fourth-order valence-corrected chi connectivity index (χ4v) is 2.15. The van der Waals surface area contributed by atoms with Crippen LogP contribution in [0.25, 0.3) is 0 Å². The maximum Gasteiger partial charge on any atom is 0.387 e. The lowest BCUT2D eigenvalue weighted by Gasteiger charge is -2.18. The van der Waals surface area contributed by atoms with Crippen molar-refractivity contribution in [2.45, 2.75) is 26.6 Å². The van der Waals surface area contributed by atoms with Crippen LogP contribution in [0.1, 0.15) is 28.4 Å². The van der Waals surface area contributed by atoms with Crippen molar-refractivity contribution in [1.29, 1.82) is 0 Å². The lowest BCUT2D eigenvalue weighted by Crippen LogP contribution is -2.09. The van der Waals surface area contributed by atoms with E-state index < -0.39 is 12.7 Å². The predicted octanol–water partition coefficient (Wildman–Crippen LogP) is 3.99. The number of benzene rings is 2. The Hall–Kier alpha value is -1.94. The second-order valence-electron chi connectivity index (χ2n) is 4.61. The quantitative estimate of drug-likeness (QED) is 0.916. The molecule has 0 saturated heterocycles. The number of hydrogen-bond acceptors (Lipinski definition) is 2. The molecule has 0 fully saturated rings. The molecule has 2 nitrogen and oxygen atoms in total. The molecule has 0 aromatic heterocycles. The lowest BCUT2D eigenvalue weighted by atomic mass is 9.94. The minimum atomic E-state index is -2.91. The highest BCUT2D eigenvalue weighted by Gasteiger charge is 2.19. The lowest BCUT2D eigenvalue weighted by molar-refractivity contribution is -0.0512. The van der Waals surface area contributed by atoms with Crippen molar-refractivity contribution < 1.29 is 18.6 Å². The van der Waals surface area contributed by atoms with Crippen molar-refractivity contribution in [3.63, 3.8) is 0 Å². The third-order valence-corrected chi connectivity index (χ3v) is 3.37. The highest BCUT2D eigenvalue weighted by molar-refractivity contribution is 5.44. The average molecular weight is 278 g/mol. The Morgan fingerprint density at radius 2 is 1.60 bits per heavy atom. The van der Waals surface area contributed by atoms with Gasteiger partial charge in [-0.2, -0.15) is 8.78 Å². The van der Waals surface area contributed by atoms with E-state index in [0.29, 0.717) is 11.1 Å². The Morgan fingerprint density at radius 3 is 2.30 bits per heavy atom. The first-order valence-corrected chi connectivity index (χ1v) is 6.28. The summed E-state index contributed by atoms with van der Waals surface area (Å²) in [6, 6.07) is 11.8. The van der Waals surface area contributed by atoms with Gasteiger partial charge in [-0.05, 0) is 36.6 Å². The largest absolute Gasteiger partial charge is 0.434 e. The number of aliphatic hydroxyl groups excluding tert-OH is 1. The summed E-state index contributed by atoms with van der Waals surface area (Å²) in [5, 5.41) is 10.5. The number of hydrogen-bond donors (Lipinski definition) is 1. The van der Waals surface area contributed by atoms with Crippen LogP contribution in [0.15, 0.2) is 42.5 Å². The van der Waals surface area contributed by atoms with E-state index in [9.17, 15) is 13.9 Å². The van der Waals surface area contributed by atoms with Crippen LogP contribution in [0.2, 0.25) is 0 Å². The summed E-state index contributed by atoms with van der Waals surface area (Å²) in [7, 11) is 0. The molecule has 0 aliphatic carbocycles. The van der Waals surface area contributed by atoms with Gasteiger partial charge >= 0.3 is 6.61 Å². The molecule has 106 valence electrons. The van der Waals surface area contributed by atoms with Crippen LogP contribution >= 0.6 is 0 Å². The smallest absolute Gasteiger partial charge is 0.387 e. The van der Waals surface area contributed by atoms with Gasteiger partial charge < -0.3 is 9.84 Å². The molecule has 0 heterocycles. The molecule has 0 bridgehead atoms. The number of ether oxygens (including phenoxy) is 1. The zero-order valence-electron chi connectivity index (χ0n) is 11.3. The molecule has 0 spiro atoms. The van der Waals surface area contributed by atoms with Crippen LogP contribution in [0.3, 0.4) is 0 Å². The minimum absolute atomic E-state index is 0.00379. The molecule has 1 atom stereocenters. The van der Waals surface area contributed by atoms with Gasteiger partial charge in [0.1, 0.15) is 11.9 Å².